The van der Waals surface area contributed by atoms with E-state index in [2.05, 4.69) is 27.8 Å². The van der Waals surface area contributed by atoms with E-state index in [-0.39, 0.29) is 6.04 Å². The highest BCUT2D eigenvalue weighted by molar-refractivity contribution is 6.03. The van der Waals surface area contributed by atoms with Crippen LogP contribution >= 0.6 is 0 Å². The number of nitrogens with one attached hydrogen (secondary N) is 2. The lowest BCUT2D eigenvalue weighted by atomic mass is 10.1. The molecule has 4 heteroatoms. The maximum absolute atomic E-state index is 9.03. The number of fused-ring (bicyclic) bond motifs is 1. The number of nitriles is 1. The fourth-order valence-electron chi connectivity index (χ4n) is 2.61. The molecule has 3 rings (SSSR count). The van der Waals surface area contributed by atoms with Crippen molar-refractivity contribution >= 4 is 22.4 Å². The SMILES string of the molecule is C[C@H](N=C(NC#N)Nc1cccc2ccccc12)c1ccccc1. The monoisotopic (exact) mass is 314 g/mol. The number of benzene rings is 3. The Bertz CT molecular complexity index is 889. The molecule has 3 aromatic rings. The lowest BCUT2D eigenvalue weighted by Gasteiger charge is -2.13. The Labute approximate surface area is 141 Å². The highest BCUT2D eigenvalue weighted by atomic mass is 15.2. The third-order valence-corrected chi connectivity index (χ3v) is 3.82. The van der Waals surface area contributed by atoms with E-state index in [1.54, 1.807) is 0 Å². The number of aliphatic imine (C=N–C) groups is 1. The van der Waals surface area contributed by atoms with Crippen LogP contribution in [0.2, 0.25) is 0 Å². The molecule has 118 valence electrons. The van der Waals surface area contributed by atoms with Crippen LogP contribution in [0.25, 0.3) is 10.8 Å². The molecule has 0 spiro atoms. The van der Waals surface area contributed by atoms with Gasteiger partial charge in [-0.15, -0.1) is 0 Å². The summed E-state index contributed by atoms with van der Waals surface area (Å²) in [6.07, 6.45) is 1.95. The molecular formula is C20H18N4. The Morgan fingerprint density at radius 2 is 1.67 bits per heavy atom. The highest BCUT2D eigenvalue weighted by Gasteiger charge is 2.07. The largest absolute Gasteiger partial charge is 0.325 e. The maximum Gasteiger partial charge on any atom is 0.209 e. The zero-order valence-electron chi connectivity index (χ0n) is 13.4. The van der Waals surface area contributed by atoms with Crippen molar-refractivity contribution in [3.63, 3.8) is 0 Å². The van der Waals surface area contributed by atoms with Crippen LogP contribution in [0.4, 0.5) is 5.69 Å². The summed E-state index contributed by atoms with van der Waals surface area (Å²) in [4.78, 5) is 4.61. The van der Waals surface area contributed by atoms with Gasteiger partial charge in [0.25, 0.3) is 0 Å². The second-order valence-corrected chi connectivity index (χ2v) is 5.45. The van der Waals surface area contributed by atoms with Crippen molar-refractivity contribution in [3.05, 3.63) is 78.4 Å². The quantitative estimate of drug-likeness (QED) is 0.325. The molecule has 0 aliphatic heterocycles. The molecular weight excluding hydrogens is 296 g/mol. The summed E-state index contributed by atoms with van der Waals surface area (Å²) in [5.74, 6) is 0.435. The Hall–Kier alpha value is -3.32. The molecule has 0 saturated carbocycles. The van der Waals surface area contributed by atoms with Gasteiger partial charge in [-0.05, 0) is 23.9 Å². The van der Waals surface area contributed by atoms with E-state index < -0.39 is 0 Å². The van der Waals surface area contributed by atoms with Gasteiger partial charge >= 0.3 is 0 Å². The summed E-state index contributed by atoms with van der Waals surface area (Å²) in [7, 11) is 0. The fraction of sp³-hybridized carbons (Fsp3) is 0.100. The van der Waals surface area contributed by atoms with Gasteiger partial charge in [-0.3, -0.25) is 5.32 Å². The van der Waals surface area contributed by atoms with Crippen LogP contribution in [-0.4, -0.2) is 5.96 Å². The zero-order valence-corrected chi connectivity index (χ0v) is 13.4. The average molecular weight is 314 g/mol. The first kappa shape index (κ1) is 15.6. The first-order chi connectivity index (χ1) is 11.8. The second-order valence-electron chi connectivity index (χ2n) is 5.45. The molecule has 0 aromatic heterocycles. The molecule has 0 aliphatic rings. The smallest absolute Gasteiger partial charge is 0.209 e. The summed E-state index contributed by atoms with van der Waals surface area (Å²) in [5.41, 5.74) is 2.00. The van der Waals surface area contributed by atoms with Gasteiger partial charge in [0.1, 0.15) is 0 Å². The van der Waals surface area contributed by atoms with Gasteiger partial charge in [0, 0.05) is 11.1 Å². The predicted octanol–water partition coefficient (Wildman–Crippen LogP) is 4.44. The summed E-state index contributed by atoms with van der Waals surface area (Å²) >= 11 is 0. The van der Waals surface area contributed by atoms with Crippen molar-refractivity contribution in [2.24, 2.45) is 4.99 Å². The minimum atomic E-state index is -0.0653. The topological polar surface area (TPSA) is 60.2 Å². The van der Waals surface area contributed by atoms with Crippen LogP contribution < -0.4 is 10.6 Å². The average Bonchev–Trinajstić information content (AvgIpc) is 2.63. The van der Waals surface area contributed by atoms with Gasteiger partial charge in [-0.25, -0.2) is 4.99 Å². The Kier molecular flexibility index (Phi) is 4.73. The van der Waals surface area contributed by atoms with E-state index in [1.807, 2.05) is 73.8 Å². The van der Waals surface area contributed by atoms with Crippen LogP contribution in [0.1, 0.15) is 18.5 Å². The van der Waals surface area contributed by atoms with Gasteiger partial charge < -0.3 is 5.32 Å². The van der Waals surface area contributed by atoms with Crippen LogP contribution in [0, 0.1) is 11.5 Å². The number of guanidine groups is 1. The third kappa shape index (κ3) is 3.53. The first-order valence-corrected chi connectivity index (χ1v) is 7.80. The predicted molar refractivity (Wildman–Crippen MR) is 98.6 cm³/mol. The number of nitrogens with zero attached hydrogens (tertiary/aromatic N) is 2. The summed E-state index contributed by atoms with van der Waals surface area (Å²) in [6.45, 7) is 2.00. The fourth-order valence-corrected chi connectivity index (χ4v) is 2.61. The van der Waals surface area contributed by atoms with E-state index in [9.17, 15) is 0 Å². The molecule has 0 aliphatic carbocycles. The minimum absolute atomic E-state index is 0.0653. The lowest BCUT2D eigenvalue weighted by Crippen LogP contribution is -2.27. The molecule has 24 heavy (non-hydrogen) atoms. The second kappa shape index (κ2) is 7.30. The van der Waals surface area contributed by atoms with Gasteiger partial charge in [0.2, 0.25) is 5.96 Å². The highest BCUT2D eigenvalue weighted by Crippen LogP contribution is 2.23. The van der Waals surface area contributed by atoms with Crippen molar-refractivity contribution in [1.82, 2.24) is 5.32 Å². The summed E-state index contributed by atoms with van der Waals surface area (Å²) in [6, 6.07) is 24.0. The van der Waals surface area contributed by atoms with E-state index in [0.717, 1.165) is 22.0 Å². The van der Waals surface area contributed by atoms with Crippen molar-refractivity contribution in [2.45, 2.75) is 13.0 Å². The molecule has 0 bridgehead atoms. The van der Waals surface area contributed by atoms with Gasteiger partial charge in [-0.1, -0.05) is 66.7 Å². The summed E-state index contributed by atoms with van der Waals surface area (Å²) < 4.78 is 0. The molecule has 0 amide bonds. The molecule has 0 heterocycles. The Balaban J connectivity index is 1.91. The molecule has 0 fully saturated rings. The number of hydrogen-bond acceptors (Lipinski definition) is 2. The van der Waals surface area contributed by atoms with Crippen molar-refractivity contribution in [1.29, 1.82) is 5.26 Å². The van der Waals surface area contributed by atoms with E-state index in [1.165, 1.54) is 0 Å². The number of hydrogen-bond donors (Lipinski definition) is 2. The normalized spacial score (nSPS) is 12.4. The van der Waals surface area contributed by atoms with Crippen molar-refractivity contribution < 1.29 is 0 Å². The van der Waals surface area contributed by atoms with E-state index in [0.29, 0.717) is 5.96 Å². The molecule has 0 radical (unpaired) electrons. The first-order valence-electron chi connectivity index (χ1n) is 7.80. The van der Waals surface area contributed by atoms with Crippen molar-refractivity contribution in [3.8, 4) is 6.19 Å². The van der Waals surface area contributed by atoms with Crippen LogP contribution in [0.5, 0.6) is 0 Å². The van der Waals surface area contributed by atoms with Crippen molar-refractivity contribution in [2.75, 3.05) is 5.32 Å². The van der Waals surface area contributed by atoms with Gasteiger partial charge in [-0.2, -0.15) is 5.26 Å². The number of anilines is 1. The van der Waals surface area contributed by atoms with E-state index >= 15 is 0 Å². The standard InChI is InChI=1S/C20H18N4/c1-15(16-8-3-2-4-9-16)23-20(22-14-21)24-19-13-7-11-17-10-5-6-12-18(17)19/h2-13,15H,1H3,(H2,22,23,24)/t15-/m0/s1. The van der Waals surface area contributed by atoms with Crippen LogP contribution in [0.15, 0.2) is 77.8 Å². The third-order valence-electron chi connectivity index (χ3n) is 3.82. The number of rotatable bonds is 3. The van der Waals surface area contributed by atoms with Crippen LogP contribution in [-0.2, 0) is 0 Å². The summed E-state index contributed by atoms with van der Waals surface area (Å²) in [5, 5.41) is 17.1. The minimum Gasteiger partial charge on any atom is -0.325 e. The molecule has 1 atom stereocenters. The van der Waals surface area contributed by atoms with Crippen LogP contribution in [0.3, 0.4) is 0 Å². The van der Waals surface area contributed by atoms with Gasteiger partial charge in [0.05, 0.1) is 6.04 Å². The molecule has 0 saturated heterocycles. The molecule has 2 N–H and O–H groups in total. The molecule has 4 nitrogen and oxygen atoms in total. The van der Waals surface area contributed by atoms with Gasteiger partial charge in [0.15, 0.2) is 6.19 Å². The van der Waals surface area contributed by atoms with E-state index in [4.69, 9.17) is 5.26 Å². The molecule has 0 unspecified atom stereocenters. The Morgan fingerprint density at radius 1 is 0.958 bits per heavy atom. The molecule has 3 aromatic carbocycles. The maximum atomic E-state index is 9.03. The zero-order chi connectivity index (χ0) is 16.8. The lowest BCUT2D eigenvalue weighted by molar-refractivity contribution is 0.813. The Morgan fingerprint density at radius 3 is 2.46 bits per heavy atom.